The number of hydrogen-bond donors (Lipinski definition) is 0. The smallest absolute Gasteiger partial charge is 0.241 e. The molecule has 3 aliphatic rings. The van der Waals surface area contributed by atoms with Crippen molar-refractivity contribution in [2.24, 2.45) is 17.3 Å². The summed E-state index contributed by atoms with van der Waals surface area (Å²) in [5.74, 6) is -1.48. The molecule has 0 aliphatic carbocycles. The van der Waals surface area contributed by atoms with Crippen LogP contribution < -0.4 is 4.90 Å². The van der Waals surface area contributed by atoms with E-state index in [1.807, 2.05) is 39.0 Å². The van der Waals surface area contributed by atoms with Gasteiger partial charge in [-0.05, 0) is 17.5 Å². The highest BCUT2D eigenvalue weighted by Crippen LogP contribution is 2.67. The predicted octanol–water partition coefficient (Wildman–Crippen LogP) is 2.12. The number of carbonyl (C=O) groups excluding carboxylic acids is 3. The molecule has 0 aromatic heterocycles. The van der Waals surface area contributed by atoms with Crippen molar-refractivity contribution in [3.05, 3.63) is 30.3 Å². The molecule has 3 aliphatic heterocycles. The summed E-state index contributed by atoms with van der Waals surface area (Å²) in [7, 11) is 1.76. The third kappa shape index (κ3) is 1.60. The van der Waals surface area contributed by atoms with Crippen LogP contribution in [0.4, 0.5) is 5.69 Å². The zero-order valence-electron chi connectivity index (χ0n) is 14.1. The molecule has 24 heavy (non-hydrogen) atoms. The second-order valence-electron chi connectivity index (χ2n) is 7.73. The van der Waals surface area contributed by atoms with Crippen molar-refractivity contribution in [2.45, 2.75) is 30.9 Å². The average Bonchev–Trinajstić information content (AvgIpc) is 3.10. The molecule has 0 saturated carbocycles. The fourth-order valence-corrected chi connectivity index (χ4v) is 6.63. The summed E-state index contributed by atoms with van der Waals surface area (Å²) >= 11 is 1.51. The molecule has 3 amide bonds. The van der Waals surface area contributed by atoms with E-state index in [0.29, 0.717) is 5.69 Å². The molecular weight excluding hydrogens is 324 g/mol. The lowest BCUT2D eigenvalue weighted by Crippen LogP contribution is -2.61. The van der Waals surface area contributed by atoms with E-state index < -0.39 is 22.0 Å². The number of carbonyl (C=O) groups is 3. The Labute approximate surface area is 145 Å². The van der Waals surface area contributed by atoms with Gasteiger partial charge < -0.3 is 4.90 Å². The van der Waals surface area contributed by atoms with E-state index in [1.165, 1.54) is 16.7 Å². The van der Waals surface area contributed by atoms with E-state index in [0.717, 1.165) is 0 Å². The third-order valence-electron chi connectivity index (χ3n) is 5.57. The van der Waals surface area contributed by atoms with Crippen molar-refractivity contribution in [3.8, 4) is 0 Å². The van der Waals surface area contributed by atoms with Gasteiger partial charge in [0, 0.05) is 7.05 Å². The number of amides is 3. The topological polar surface area (TPSA) is 57.7 Å². The lowest BCUT2D eigenvalue weighted by atomic mass is 9.70. The molecule has 0 spiro atoms. The minimum atomic E-state index is -0.671. The molecule has 126 valence electrons. The van der Waals surface area contributed by atoms with Gasteiger partial charge in [-0.1, -0.05) is 39.0 Å². The Kier molecular flexibility index (Phi) is 3.02. The number of anilines is 1. The van der Waals surface area contributed by atoms with E-state index in [9.17, 15) is 14.4 Å². The van der Waals surface area contributed by atoms with Crippen molar-refractivity contribution < 1.29 is 14.4 Å². The van der Waals surface area contributed by atoms with Gasteiger partial charge in [0.15, 0.2) is 0 Å². The predicted molar refractivity (Wildman–Crippen MR) is 92.3 cm³/mol. The standard InChI is InChI=1S/C18H20N2O3S/c1-17(2,3)18-12-11(13(24-18)16(23)19(18)4)14(21)20(15(12)22)10-8-6-5-7-9-10/h5-9,11-13H,1-4H3. The maximum atomic E-state index is 13.2. The molecule has 4 rings (SSSR count). The summed E-state index contributed by atoms with van der Waals surface area (Å²) in [6, 6.07) is 9.00. The fourth-order valence-electron chi connectivity index (χ4n) is 4.57. The van der Waals surface area contributed by atoms with Crippen LogP contribution in [0.2, 0.25) is 0 Å². The highest BCUT2D eigenvalue weighted by atomic mass is 32.2. The summed E-state index contributed by atoms with van der Waals surface area (Å²) in [6.07, 6.45) is 0. The zero-order chi connectivity index (χ0) is 17.4. The largest absolute Gasteiger partial charge is 0.329 e. The lowest BCUT2D eigenvalue weighted by Gasteiger charge is -2.48. The van der Waals surface area contributed by atoms with Gasteiger partial charge in [-0.3, -0.25) is 14.4 Å². The van der Waals surface area contributed by atoms with Gasteiger partial charge in [-0.2, -0.15) is 0 Å². The van der Waals surface area contributed by atoms with Gasteiger partial charge in [0.25, 0.3) is 0 Å². The summed E-state index contributed by atoms with van der Waals surface area (Å²) in [5.41, 5.74) is 0.268. The summed E-state index contributed by atoms with van der Waals surface area (Å²) in [5, 5.41) is -0.454. The van der Waals surface area contributed by atoms with Crippen LogP contribution in [-0.2, 0) is 14.4 Å². The maximum Gasteiger partial charge on any atom is 0.241 e. The molecular formula is C18H20N2O3S. The Balaban J connectivity index is 1.86. The number of piperidine rings is 1. The number of imide groups is 1. The number of benzene rings is 1. The minimum Gasteiger partial charge on any atom is -0.329 e. The average molecular weight is 344 g/mol. The van der Waals surface area contributed by atoms with Gasteiger partial charge in [0.1, 0.15) is 4.87 Å². The van der Waals surface area contributed by atoms with Crippen molar-refractivity contribution in [1.82, 2.24) is 4.90 Å². The molecule has 6 heteroatoms. The molecule has 0 radical (unpaired) electrons. The SMILES string of the molecule is CN1C(=O)C2SC1(C(C)(C)C)C1C(=O)N(c3ccccc3)C(=O)C21. The van der Waals surface area contributed by atoms with Crippen LogP contribution >= 0.6 is 11.8 Å². The number of hydrogen-bond acceptors (Lipinski definition) is 4. The van der Waals surface area contributed by atoms with Crippen LogP contribution in [0.1, 0.15) is 20.8 Å². The Morgan fingerprint density at radius 3 is 2.21 bits per heavy atom. The van der Waals surface area contributed by atoms with Crippen LogP contribution in [0.25, 0.3) is 0 Å². The van der Waals surface area contributed by atoms with Crippen molar-refractivity contribution >= 4 is 35.2 Å². The highest BCUT2D eigenvalue weighted by Gasteiger charge is 2.77. The van der Waals surface area contributed by atoms with E-state index in [1.54, 1.807) is 24.1 Å². The minimum absolute atomic E-state index is 0.0350. The quantitative estimate of drug-likeness (QED) is 0.732. The van der Waals surface area contributed by atoms with Gasteiger partial charge in [0.2, 0.25) is 17.7 Å². The summed E-state index contributed by atoms with van der Waals surface area (Å²) in [6.45, 7) is 6.12. The number of fused-ring (bicyclic) bond motifs is 5. The Bertz CT molecular complexity index is 757. The molecule has 4 atom stereocenters. The molecule has 3 heterocycles. The third-order valence-corrected chi connectivity index (χ3v) is 7.82. The Morgan fingerprint density at radius 2 is 1.62 bits per heavy atom. The van der Waals surface area contributed by atoms with Crippen LogP contribution in [0, 0.1) is 17.3 Å². The first kappa shape index (κ1) is 15.7. The first-order chi connectivity index (χ1) is 11.2. The second-order valence-corrected chi connectivity index (χ2v) is 9.10. The van der Waals surface area contributed by atoms with Crippen molar-refractivity contribution in [1.29, 1.82) is 0 Å². The molecule has 3 saturated heterocycles. The normalized spacial score (nSPS) is 35.2. The molecule has 3 fully saturated rings. The molecule has 1 aromatic carbocycles. The first-order valence-electron chi connectivity index (χ1n) is 8.10. The number of likely N-dealkylation sites (tertiary alicyclic amines) is 1. The monoisotopic (exact) mass is 344 g/mol. The summed E-state index contributed by atoms with van der Waals surface area (Å²) < 4.78 is 0. The fraction of sp³-hybridized carbons (Fsp3) is 0.500. The van der Waals surface area contributed by atoms with Crippen LogP contribution in [0.5, 0.6) is 0 Å². The molecule has 0 N–H and O–H groups in total. The van der Waals surface area contributed by atoms with Crippen molar-refractivity contribution in [3.63, 3.8) is 0 Å². The zero-order valence-corrected chi connectivity index (χ0v) is 15.0. The lowest BCUT2D eigenvalue weighted by molar-refractivity contribution is -0.146. The number of nitrogens with zero attached hydrogens (tertiary/aromatic N) is 2. The van der Waals surface area contributed by atoms with E-state index in [-0.39, 0.29) is 23.1 Å². The second kappa shape index (κ2) is 4.63. The van der Waals surface area contributed by atoms with Crippen LogP contribution in [-0.4, -0.2) is 39.8 Å². The molecule has 4 unspecified atom stereocenters. The highest BCUT2D eigenvalue weighted by molar-refractivity contribution is 8.02. The van der Waals surface area contributed by atoms with Gasteiger partial charge in [-0.15, -0.1) is 11.8 Å². The van der Waals surface area contributed by atoms with E-state index in [4.69, 9.17) is 0 Å². The maximum absolute atomic E-state index is 13.2. The molecule has 1 aromatic rings. The Hall–Kier alpha value is -1.82. The number of para-hydroxylation sites is 1. The van der Waals surface area contributed by atoms with Crippen molar-refractivity contribution in [2.75, 3.05) is 11.9 Å². The first-order valence-corrected chi connectivity index (χ1v) is 8.98. The Morgan fingerprint density at radius 1 is 1.00 bits per heavy atom. The number of rotatable bonds is 1. The van der Waals surface area contributed by atoms with Crippen LogP contribution in [0.3, 0.4) is 0 Å². The van der Waals surface area contributed by atoms with Gasteiger partial charge in [-0.25, -0.2) is 4.90 Å². The molecule has 2 bridgehead atoms. The van der Waals surface area contributed by atoms with E-state index in [2.05, 4.69) is 0 Å². The summed E-state index contributed by atoms with van der Waals surface area (Å²) in [4.78, 5) is 41.3. The van der Waals surface area contributed by atoms with Crippen LogP contribution in [0.15, 0.2) is 30.3 Å². The van der Waals surface area contributed by atoms with Gasteiger partial charge >= 0.3 is 0 Å². The molecule has 5 nitrogen and oxygen atoms in total. The van der Waals surface area contributed by atoms with Gasteiger partial charge in [0.05, 0.1) is 22.8 Å². The number of thioether (sulfide) groups is 1. The van der Waals surface area contributed by atoms with E-state index >= 15 is 0 Å².